The van der Waals surface area contributed by atoms with Crippen LogP contribution in [0.5, 0.6) is 0 Å². The van der Waals surface area contributed by atoms with Crippen LogP contribution in [0.25, 0.3) is 0 Å². The first-order valence-corrected chi connectivity index (χ1v) is 3.70. The Balaban J connectivity index is 2.05. The van der Waals surface area contributed by atoms with Gasteiger partial charge in [-0.25, -0.2) is 0 Å². The Morgan fingerprint density at radius 1 is 1.10 bits per heavy atom. The largest absolute Gasteiger partial charge is 0.390 e. The second-order valence-corrected chi connectivity index (χ2v) is 3.58. The molecule has 0 aromatic rings. The number of hydrogen-bond donors (Lipinski definition) is 3. The second-order valence-electron chi connectivity index (χ2n) is 3.58. The minimum absolute atomic E-state index is 0.255. The van der Waals surface area contributed by atoms with E-state index in [1.165, 1.54) is 0 Å². The molecule has 0 saturated heterocycles. The lowest BCUT2D eigenvalue weighted by molar-refractivity contribution is -0.0557. The van der Waals surface area contributed by atoms with Gasteiger partial charge in [0, 0.05) is 6.42 Å². The predicted octanol–water partition coefficient (Wildman–Crippen LogP) is -0.747. The summed E-state index contributed by atoms with van der Waals surface area (Å²) in [6.45, 7) is 0. The van der Waals surface area contributed by atoms with Crippen LogP contribution >= 0.6 is 0 Å². The first-order valence-electron chi connectivity index (χ1n) is 3.70. The van der Waals surface area contributed by atoms with Crippen molar-refractivity contribution >= 4 is 0 Å². The Morgan fingerprint density at radius 3 is 2.40 bits per heavy atom. The third kappa shape index (κ3) is 0.779. The second kappa shape index (κ2) is 1.72. The highest BCUT2D eigenvalue weighted by atomic mass is 16.3. The van der Waals surface area contributed by atoms with Gasteiger partial charge in [0.05, 0.1) is 17.8 Å². The molecule has 3 N–H and O–H groups in total. The maximum Gasteiger partial charge on any atom is 0.0826 e. The number of aliphatic hydroxyl groups excluding tert-OH is 2. The van der Waals surface area contributed by atoms with Crippen molar-refractivity contribution in [3.05, 3.63) is 0 Å². The third-order valence-electron chi connectivity index (χ3n) is 2.73. The Bertz CT molecular complexity index is 159. The summed E-state index contributed by atoms with van der Waals surface area (Å²) < 4.78 is 0. The van der Waals surface area contributed by atoms with Crippen LogP contribution in [0, 0.1) is 5.92 Å². The number of hydrogen-bond acceptors (Lipinski definition) is 3. The summed E-state index contributed by atoms with van der Waals surface area (Å²) in [5.41, 5.74) is -0.612. The standard InChI is InChI=1S/C7H12O3/c8-5-1-4-2-7(4,10)3-6(5)9/h4-6,8-10H,1-3H2/t4-,5-,6+,7+/m0/s1. The molecule has 0 aromatic carbocycles. The molecule has 2 saturated carbocycles. The van der Waals surface area contributed by atoms with Gasteiger partial charge in [0.15, 0.2) is 0 Å². The predicted molar refractivity (Wildman–Crippen MR) is 34.3 cm³/mol. The lowest BCUT2D eigenvalue weighted by atomic mass is 9.93. The zero-order chi connectivity index (χ0) is 7.35. The Kier molecular flexibility index (Phi) is 1.14. The van der Waals surface area contributed by atoms with Crippen molar-refractivity contribution in [1.29, 1.82) is 0 Å². The van der Waals surface area contributed by atoms with Crippen molar-refractivity contribution in [2.45, 2.75) is 37.1 Å². The molecule has 0 heterocycles. The van der Waals surface area contributed by atoms with Crippen LogP contribution in [0.2, 0.25) is 0 Å². The van der Waals surface area contributed by atoms with E-state index in [1.807, 2.05) is 0 Å². The molecule has 3 nitrogen and oxygen atoms in total. The molecule has 0 amide bonds. The van der Waals surface area contributed by atoms with Crippen molar-refractivity contribution in [1.82, 2.24) is 0 Å². The van der Waals surface area contributed by atoms with E-state index in [0.29, 0.717) is 12.8 Å². The molecule has 0 aliphatic heterocycles. The zero-order valence-corrected chi connectivity index (χ0v) is 5.70. The molecule has 0 radical (unpaired) electrons. The van der Waals surface area contributed by atoms with Gasteiger partial charge in [-0.05, 0) is 18.8 Å². The van der Waals surface area contributed by atoms with Crippen LogP contribution in [0.3, 0.4) is 0 Å². The molecular formula is C7H12O3. The summed E-state index contributed by atoms with van der Waals surface area (Å²) in [5.74, 6) is 0.255. The maximum absolute atomic E-state index is 9.47. The van der Waals surface area contributed by atoms with Crippen molar-refractivity contribution in [3.63, 3.8) is 0 Å². The van der Waals surface area contributed by atoms with Crippen molar-refractivity contribution in [2.24, 2.45) is 5.92 Å². The third-order valence-corrected chi connectivity index (χ3v) is 2.73. The normalized spacial score (nSPS) is 59.7. The fourth-order valence-electron chi connectivity index (χ4n) is 1.87. The molecule has 2 fully saturated rings. The van der Waals surface area contributed by atoms with Crippen molar-refractivity contribution in [2.75, 3.05) is 0 Å². The number of rotatable bonds is 0. The lowest BCUT2D eigenvalue weighted by Gasteiger charge is -2.26. The summed E-state index contributed by atoms with van der Waals surface area (Å²) in [5, 5.41) is 27.7. The van der Waals surface area contributed by atoms with Crippen LogP contribution < -0.4 is 0 Å². The van der Waals surface area contributed by atoms with E-state index in [1.54, 1.807) is 0 Å². The fraction of sp³-hybridized carbons (Fsp3) is 1.00. The smallest absolute Gasteiger partial charge is 0.0826 e. The molecule has 2 aliphatic rings. The van der Waals surface area contributed by atoms with Gasteiger partial charge >= 0.3 is 0 Å². The van der Waals surface area contributed by atoms with E-state index in [9.17, 15) is 5.11 Å². The van der Waals surface area contributed by atoms with Gasteiger partial charge in [-0.1, -0.05) is 0 Å². The van der Waals surface area contributed by atoms with E-state index in [2.05, 4.69) is 0 Å². The molecule has 2 rings (SSSR count). The van der Waals surface area contributed by atoms with Gasteiger partial charge in [0.25, 0.3) is 0 Å². The highest BCUT2D eigenvalue weighted by Crippen LogP contribution is 2.53. The minimum atomic E-state index is -0.705. The lowest BCUT2D eigenvalue weighted by Crippen LogP contribution is -2.37. The molecular weight excluding hydrogens is 132 g/mol. The highest BCUT2D eigenvalue weighted by molar-refractivity contribution is 5.09. The molecule has 10 heavy (non-hydrogen) atoms. The van der Waals surface area contributed by atoms with Crippen LogP contribution in [0.1, 0.15) is 19.3 Å². The van der Waals surface area contributed by atoms with E-state index in [4.69, 9.17) is 10.2 Å². The van der Waals surface area contributed by atoms with Gasteiger partial charge in [-0.15, -0.1) is 0 Å². The summed E-state index contributed by atoms with van der Waals surface area (Å²) in [7, 11) is 0. The van der Waals surface area contributed by atoms with Gasteiger partial charge in [0.2, 0.25) is 0 Å². The molecule has 0 unspecified atom stereocenters. The van der Waals surface area contributed by atoms with Gasteiger partial charge in [0.1, 0.15) is 0 Å². The summed E-state index contributed by atoms with van der Waals surface area (Å²) in [6.07, 6.45) is 0.383. The average molecular weight is 144 g/mol. The summed E-state index contributed by atoms with van der Waals surface area (Å²) >= 11 is 0. The number of fused-ring (bicyclic) bond motifs is 1. The van der Waals surface area contributed by atoms with Crippen LogP contribution in [0.4, 0.5) is 0 Å². The topological polar surface area (TPSA) is 60.7 Å². The first kappa shape index (κ1) is 6.58. The van der Waals surface area contributed by atoms with Crippen LogP contribution in [-0.2, 0) is 0 Å². The Morgan fingerprint density at radius 2 is 1.80 bits per heavy atom. The number of aliphatic hydroxyl groups is 3. The van der Waals surface area contributed by atoms with E-state index < -0.39 is 17.8 Å². The molecule has 0 aromatic heterocycles. The van der Waals surface area contributed by atoms with Gasteiger partial charge in [-0.2, -0.15) is 0 Å². The molecule has 2 aliphatic carbocycles. The molecule has 0 bridgehead atoms. The minimum Gasteiger partial charge on any atom is -0.390 e. The molecule has 58 valence electrons. The highest BCUT2D eigenvalue weighted by Gasteiger charge is 2.58. The van der Waals surface area contributed by atoms with Crippen LogP contribution in [0.15, 0.2) is 0 Å². The van der Waals surface area contributed by atoms with Gasteiger partial charge < -0.3 is 15.3 Å². The van der Waals surface area contributed by atoms with E-state index >= 15 is 0 Å². The average Bonchev–Trinajstić information content (AvgIpc) is 2.41. The Labute approximate surface area is 59.3 Å². The van der Waals surface area contributed by atoms with E-state index in [0.717, 1.165) is 6.42 Å². The summed E-state index contributed by atoms with van der Waals surface area (Å²) in [6, 6.07) is 0. The van der Waals surface area contributed by atoms with Crippen LogP contribution in [-0.4, -0.2) is 33.1 Å². The fourth-order valence-corrected chi connectivity index (χ4v) is 1.87. The summed E-state index contributed by atoms with van der Waals surface area (Å²) in [4.78, 5) is 0. The molecule has 0 spiro atoms. The van der Waals surface area contributed by atoms with Crippen molar-refractivity contribution < 1.29 is 15.3 Å². The van der Waals surface area contributed by atoms with Crippen molar-refractivity contribution in [3.8, 4) is 0 Å². The van der Waals surface area contributed by atoms with Gasteiger partial charge in [-0.3, -0.25) is 0 Å². The SMILES string of the molecule is O[C@@H]1C[C@]2(O)C[C@@H]2C[C@@H]1O. The quantitative estimate of drug-likeness (QED) is 0.419. The zero-order valence-electron chi connectivity index (χ0n) is 5.70. The van der Waals surface area contributed by atoms with E-state index in [-0.39, 0.29) is 5.92 Å². The molecule has 4 atom stereocenters. The molecule has 3 heteroatoms. The maximum atomic E-state index is 9.47. The first-order chi connectivity index (χ1) is 4.62. The Hall–Kier alpha value is -0.120. The monoisotopic (exact) mass is 144 g/mol.